The second-order valence-electron chi connectivity index (χ2n) is 4.76. The smallest absolute Gasteiger partial charge is 0.507 e. The molecule has 0 saturated carbocycles. The highest BCUT2D eigenvalue weighted by Crippen LogP contribution is 2.37. The third-order valence-corrected chi connectivity index (χ3v) is 3.87. The number of carboxylic acid groups (broad SMARTS) is 1. The molecule has 4 N–H and O–H groups in total. The van der Waals surface area contributed by atoms with Gasteiger partial charge in [0.05, 0.1) is 6.04 Å². The molecule has 2 aromatic rings. The first-order valence-corrected chi connectivity index (χ1v) is 7.25. The van der Waals surface area contributed by atoms with E-state index in [9.17, 15) is 23.1 Å². The lowest BCUT2D eigenvalue weighted by molar-refractivity contribution is -0.274. The third-order valence-electron chi connectivity index (χ3n) is 3.18. The average molecular weight is 443 g/mol. The Morgan fingerprint density at radius 3 is 2.20 bits per heavy atom. The minimum absolute atomic E-state index is 0. The Morgan fingerprint density at radius 2 is 1.72 bits per heavy atom. The van der Waals surface area contributed by atoms with Crippen LogP contribution in [0.15, 0.2) is 40.9 Å². The van der Waals surface area contributed by atoms with Crippen LogP contribution in [0.25, 0.3) is 0 Å². The maximum Gasteiger partial charge on any atom is 0.573 e. The molecule has 0 radical (unpaired) electrons. The predicted molar refractivity (Wildman–Crippen MR) is 89.2 cm³/mol. The highest BCUT2D eigenvalue weighted by Gasteiger charge is 2.31. The Kier molecular flexibility index (Phi) is 6.69. The predicted octanol–water partition coefficient (Wildman–Crippen LogP) is 4.22. The van der Waals surface area contributed by atoms with E-state index >= 15 is 0 Å². The van der Waals surface area contributed by atoms with E-state index in [2.05, 4.69) is 20.7 Å². The second kappa shape index (κ2) is 7.94. The molecule has 10 heteroatoms. The molecule has 0 aliphatic carbocycles. The highest BCUT2D eigenvalue weighted by molar-refractivity contribution is 9.10. The first-order valence-electron chi connectivity index (χ1n) is 6.46. The number of hydrogen-bond acceptors (Lipinski definition) is 4. The monoisotopic (exact) mass is 441 g/mol. The number of aromatic hydroxyl groups is 1. The molecule has 136 valence electrons. The molecule has 0 amide bonds. The van der Waals surface area contributed by atoms with Crippen molar-refractivity contribution < 1.29 is 32.9 Å². The molecule has 0 bridgehead atoms. The molecule has 1 atom stereocenters. The lowest BCUT2D eigenvalue weighted by Crippen LogP contribution is -2.17. The van der Waals surface area contributed by atoms with Crippen molar-refractivity contribution in [2.75, 3.05) is 0 Å². The number of alkyl halides is 3. The van der Waals surface area contributed by atoms with Crippen molar-refractivity contribution in [2.45, 2.75) is 12.4 Å². The minimum Gasteiger partial charge on any atom is -0.507 e. The van der Waals surface area contributed by atoms with Crippen molar-refractivity contribution in [3.63, 3.8) is 0 Å². The zero-order valence-corrected chi connectivity index (χ0v) is 14.7. The fraction of sp³-hybridized carbons (Fsp3) is 0.133. The molecule has 0 heterocycles. The summed E-state index contributed by atoms with van der Waals surface area (Å²) >= 11 is 3.18. The van der Waals surface area contributed by atoms with Crippen LogP contribution in [-0.2, 0) is 0 Å². The molecule has 0 fully saturated rings. The highest BCUT2D eigenvalue weighted by atomic mass is 79.9. The summed E-state index contributed by atoms with van der Waals surface area (Å²) in [7, 11) is 0. The first kappa shape index (κ1) is 21.1. The van der Waals surface area contributed by atoms with Crippen molar-refractivity contribution in [1.82, 2.24) is 0 Å². The van der Waals surface area contributed by atoms with Gasteiger partial charge in [-0.15, -0.1) is 25.6 Å². The summed E-state index contributed by atoms with van der Waals surface area (Å²) in [4.78, 5) is 11.1. The van der Waals surface area contributed by atoms with E-state index in [0.717, 1.165) is 12.1 Å². The van der Waals surface area contributed by atoms with E-state index in [0.29, 0.717) is 10.0 Å². The topological polar surface area (TPSA) is 92.8 Å². The molecule has 0 spiro atoms. The Balaban J connectivity index is 0.00000312. The van der Waals surface area contributed by atoms with E-state index < -0.39 is 29.9 Å². The number of hydrogen-bond donors (Lipinski definition) is 3. The van der Waals surface area contributed by atoms with Gasteiger partial charge in [0, 0.05) is 10.0 Å². The van der Waals surface area contributed by atoms with Crippen LogP contribution in [0.5, 0.6) is 11.5 Å². The molecule has 2 rings (SSSR count). The second-order valence-corrected chi connectivity index (χ2v) is 5.61. The number of benzene rings is 2. The quantitative estimate of drug-likeness (QED) is 0.659. The van der Waals surface area contributed by atoms with Crippen molar-refractivity contribution in [1.29, 1.82) is 0 Å². The average Bonchev–Trinajstić information content (AvgIpc) is 2.45. The number of halogens is 5. The van der Waals surface area contributed by atoms with E-state index in [1.165, 1.54) is 24.3 Å². The molecule has 0 aliphatic rings. The standard InChI is InChI=1S/C15H11BrF3NO4.ClH/c16-10-6-5-9(14(22)23)13(21)11(10)12(20)7-1-3-8(4-2-7)24-15(17,18)19;/h1-6,12,21H,20H2,(H,22,23);1H/t12-;/m0./s1. The van der Waals surface area contributed by atoms with Crippen LogP contribution in [0, 0.1) is 0 Å². The molecule has 0 saturated heterocycles. The molecular formula is C15H12BrClF3NO4. The van der Waals surface area contributed by atoms with Gasteiger partial charge in [0.1, 0.15) is 17.1 Å². The number of nitrogens with two attached hydrogens (primary N) is 1. The van der Waals surface area contributed by atoms with Crippen LogP contribution >= 0.6 is 28.3 Å². The number of aromatic carboxylic acids is 1. The number of carbonyl (C=O) groups is 1. The fourth-order valence-corrected chi connectivity index (χ4v) is 2.66. The molecule has 0 unspecified atom stereocenters. The molecular weight excluding hydrogens is 431 g/mol. The largest absolute Gasteiger partial charge is 0.573 e. The summed E-state index contributed by atoms with van der Waals surface area (Å²) in [6, 6.07) is 6.41. The van der Waals surface area contributed by atoms with Gasteiger partial charge in [-0.2, -0.15) is 0 Å². The number of ether oxygens (including phenoxy) is 1. The lowest BCUT2D eigenvalue weighted by Gasteiger charge is -2.18. The van der Waals surface area contributed by atoms with Gasteiger partial charge in [0.2, 0.25) is 0 Å². The Morgan fingerprint density at radius 1 is 1.16 bits per heavy atom. The summed E-state index contributed by atoms with van der Waals surface area (Å²) in [5.74, 6) is -2.26. The van der Waals surface area contributed by atoms with Crippen molar-refractivity contribution in [2.24, 2.45) is 5.73 Å². The van der Waals surface area contributed by atoms with Gasteiger partial charge in [0.15, 0.2) is 0 Å². The first-order chi connectivity index (χ1) is 11.1. The normalized spacial score (nSPS) is 12.2. The maximum absolute atomic E-state index is 12.1. The Hall–Kier alpha value is -1.97. The van der Waals surface area contributed by atoms with Crippen molar-refractivity contribution in [3.8, 4) is 11.5 Å². The third kappa shape index (κ3) is 5.00. The summed E-state index contributed by atoms with van der Waals surface area (Å²) < 4.78 is 40.6. The Labute approximate surface area is 154 Å². The number of phenols is 1. The summed E-state index contributed by atoms with van der Waals surface area (Å²) in [5.41, 5.74) is 6.16. The maximum atomic E-state index is 12.1. The molecule has 0 aromatic heterocycles. The van der Waals surface area contributed by atoms with Crippen LogP contribution < -0.4 is 10.5 Å². The molecule has 2 aromatic carbocycles. The Bertz CT molecular complexity index is 769. The zero-order valence-electron chi connectivity index (χ0n) is 12.2. The molecule has 25 heavy (non-hydrogen) atoms. The summed E-state index contributed by atoms with van der Waals surface area (Å²) in [6.07, 6.45) is -4.80. The van der Waals surface area contributed by atoms with Gasteiger partial charge in [-0.25, -0.2) is 4.79 Å². The van der Waals surface area contributed by atoms with Gasteiger partial charge >= 0.3 is 12.3 Å². The number of carboxylic acids is 1. The van der Waals surface area contributed by atoms with Crippen LogP contribution in [0.1, 0.15) is 27.5 Å². The van der Waals surface area contributed by atoms with E-state index in [1.54, 1.807) is 0 Å². The van der Waals surface area contributed by atoms with E-state index in [1.807, 2.05) is 0 Å². The van der Waals surface area contributed by atoms with Crippen molar-refractivity contribution in [3.05, 3.63) is 57.6 Å². The van der Waals surface area contributed by atoms with Gasteiger partial charge in [-0.3, -0.25) is 0 Å². The van der Waals surface area contributed by atoms with Crippen LogP contribution in [0.4, 0.5) is 13.2 Å². The minimum atomic E-state index is -4.80. The van der Waals surface area contributed by atoms with Gasteiger partial charge in [-0.1, -0.05) is 28.1 Å². The number of rotatable bonds is 4. The van der Waals surface area contributed by atoms with Gasteiger partial charge in [-0.05, 0) is 29.8 Å². The summed E-state index contributed by atoms with van der Waals surface area (Å²) in [6.45, 7) is 0. The SMILES string of the molecule is Cl.N[C@@H](c1ccc(OC(F)(F)F)cc1)c1c(Br)ccc(C(=O)O)c1O. The fourth-order valence-electron chi connectivity index (χ4n) is 2.10. The van der Waals surface area contributed by atoms with Crippen molar-refractivity contribution >= 4 is 34.3 Å². The lowest BCUT2D eigenvalue weighted by atomic mass is 9.96. The molecule has 0 aliphatic heterocycles. The summed E-state index contributed by atoms with van der Waals surface area (Å²) in [5, 5.41) is 19.2. The van der Waals surface area contributed by atoms with Crippen LogP contribution in [-0.4, -0.2) is 22.5 Å². The van der Waals surface area contributed by atoms with Crippen LogP contribution in [0.2, 0.25) is 0 Å². The van der Waals surface area contributed by atoms with Crippen LogP contribution in [0.3, 0.4) is 0 Å². The van der Waals surface area contributed by atoms with Gasteiger partial charge in [0.25, 0.3) is 0 Å². The zero-order chi connectivity index (χ0) is 18.1. The van der Waals surface area contributed by atoms with E-state index in [4.69, 9.17) is 10.8 Å². The van der Waals surface area contributed by atoms with E-state index in [-0.39, 0.29) is 23.5 Å². The van der Waals surface area contributed by atoms with Gasteiger partial charge < -0.3 is 20.7 Å². The molecule has 5 nitrogen and oxygen atoms in total.